The minimum atomic E-state index is -0.538. The Balaban J connectivity index is 1.25. The number of hydrogen-bond acceptors (Lipinski definition) is 7. The summed E-state index contributed by atoms with van der Waals surface area (Å²) in [7, 11) is 0. The van der Waals surface area contributed by atoms with Crippen LogP contribution in [0.1, 0.15) is 39.6 Å². The average Bonchev–Trinajstić information content (AvgIpc) is 3.49. The van der Waals surface area contributed by atoms with Gasteiger partial charge in [-0.1, -0.05) is 36.1 Å². The first-order valence-corrected chi connectivity index (χ1v) is 13.1. The van der Waals surface area contributed by atoms with Crippen LogP contribution < -0.4 is 10.9 Å². The molecule has 0 aliphatic carbocycles. The van der Waals surface area contributed by atoms with Crippen LogP contribution in [0.4, 0.5) is 0 Å². The summed E-state index contributed by atoms with van der Waals surface area (Å²) in [5, 5.41) is 20.6. The standard InChI is InChI=1S/C30H32N6O3/c37-29-28(32-21-33-30(29)38)17-26(18-31-19-27-11-12-34-35-27)25-9-7-23(8-10-25)2-1-22-3-5-24(6-4-22)20-36-13-15-39-16-14-36/h3-12,21,26,31,37H,13-20H2,(H,34,35)(H,32,33,38). The van der Waals surface area contributed by atoms with Crippen LogP contribution in [0.5, 0.6) is 5.75 Å². The number of rotatable bonds is 9. The predicted octanol–water partition coefficient (Wildman–Crippen LogP) is 2.55. The molecule has 1 aliphatic heterocycles. The average molecular weight is 525 g/mol. The number of nitrogens with zero attached hydrogens (tertiary/aromatic N) is 3. The van der Waals surface area contributed by atoms with Crippen molar-refractivity contribution in [2.24, 2.45) is 0 Å². The summed E-state index contributed by atoms with van der Waals surface area (Å²) >= 11 is 0. The van der Waals surface area contributed by atoms with Crippen LogP contribution in [0.2, 0.25) is 0 Å². The van der Waals surface area contributed by atoms with E-state index in [1.54, 1.807) is 6.20 Å². The third-order valence-corrected chi connectivity index (χ3v) is 6.81. The number of H-pyrrole nitrogens is 2. The summed E-state index contributed by atoms with van der Waals surface area (Å²) in [4.78, 5) is 20.9. The van der Waals surface area contributed by atoms with Crippen molar-refractivity contribution in [3.63, 3.8) is 0 Å². The number of hydrogen-bond donors (Lipinski definition) is 4. The SMILES string of the molecule is O=c1[nH]cnc(CC(CNCc2ccn[nH]2)c2ccc(C#Cc3ccc(CN4CCOCC4)cc3)cc2)c1O. The lowest BCUT2D eigenvalue weighted by Crippen LogP contribution is -2.35. The molecule has 0 spiro atoms. The van der Waals surface area contributed by atoms with Gasteiger partial charge in [0.2, 0.25) is 5.75 Å². The van der Waals surface area contributed by atoms with Crippen molar-refractivity contribution < 1.29 is 9.84 Å². The maximum Gasteiger partial charge on any atom is 0.293 e. The minimum Gasteiger partial charge on any atom is -0.502 e. The fourth-order valence-corrected chi connectivity index (χ4v) is 4.58. The Labute approximate surface area is 227 Å². The number of ether oxygens (including phenoxy) is 1. The van der Waals surface area contributed by atoms with Crippen molar-refractivity contribution in [3.05, 3.63) is 111 Å². The Kier molecular flexibility index (Phi) is 8.81. The van der Waals surface area contributed by atoms with Crippen molar-refractivity contribution >= 4 is 0 Å². The Bertz CT molecular complexity index is 1450. The third-order valence-electron chi connectivity index (χ3n) is 6.81. The second-order valence-electron chi connectivity index (χ2n) is 9.60. The van der Waals surface area contributed by atoms with E-state index in [-0.39, 0.29) is 11.7 Å². The molecule has 3 heterocycles. The number of nitrogens with one attached hydrogen (secondary N) is 3. The maximum absolute atomic E-state index is 11.9. The maximum atomic E-state index is 11.9. The first-order valence-electron chi connectivity index (χ1n) is 13.1. The topological polar surface area (TPSA) is 119 Å². The Morgan fingerprint density at radius 2 is 1.74 bits per heavy atom. The quantitative estimate of drug-likeness (QED) is 0.249. The van der Waals surface area contributed by atoms with E-state index in [1.807, 2.05) is 30.3 Å². The molecule has 200 valence electrons. The fraction of sp³-hybridized carbons (Fsp3) is 0.300. The van der Waals surface area contributed by atoms with E-state index in [4.69, 9.17) is 4.74 Å². The molecule has 1 saturated heterocycles. The van der Waals surface area contributed by atoms with Crippen LogP contribution in [-0.2, 0) is 24.2 Å². The first-order chi connectivity index (χ1) is 19.1. The van der Waals surface area contributed by atoms with Crippen molar-refractivity contribution in [3.8, 4) is 17.6 Å². The van der Waals surface area contributed by atoms with Gasteiger partial charge in [-0.2, -0.15) is 5.10 Å². The zero-order valence-electron chi connectivity index (χ0n) is 21.7. The van der Waals surface area contributed by atoms with Gasteiger partial charge in [-0.3, -0.25) is 14.8 Å². The molecule has 4 N–H and O–H groups in total. The highest BCUT2D eigenvalue weighted by molar-refractivity contribution is 5.44. The van der Waals surface area contributed by atoms with Gasteiger partial charge in [0.1, 0.15) is 0 Å². The van der Waals surface area contributed by atoms with Crippen LogP contribution in [-0.4, -0.2) is 63.0 Å². The smallest absolute Gasteiger partial charge is 0.293 e. The van der Waals surface area contributed by atoms with Gasteiger partial charge in [0.25, 0.3) is 5.56 Å². The zero-order chi connectivity index (χ0) is 26.9. The van der Waals surface area contributed by atoms with E-state index in [1.165, 1.54) is 11.9 Å². The second kappa shape index (κ2) is 13.0. The summed E-state index contributed by atoms with van der Waals surface area (Å²) in [6, 6.07) is 18.4. The molecule has 9 heteroatoms. The molecule has 2 aromatic heterocycles. The summed E-state index contributed by atoms with van der Waals surface area (Å²) < 4.78 is 5.43. The Hall–Kier alpha value is -4.23. The molecule has 5 rings (SSSR count). The predicted molar refractivity (Wildman–Crippen MR) is 148 cm³/mol. The molecule has 0 radical (unpaired) electrons. The molecule has 9 nitrogen and oxygen atoms in total. The monoisotopic (exact) mass is 524 g/mol. The van der Waals surface area contributed by atoms with Gasteiger partial charge in [-0.05, 0) is 41.5 Å². The van der Waals surface area contributed by atoms with Crippen LogP contribution >= 0.6 is 0 Å². The number of morpholine rings is 1. The highest BCUT2D eigenvalue weighted by Crippen LogP contribution is 2.23. The molecular formula is C30H32N6O3. The summed E-state index contributed by atoms with van der Waals surface area (Å²) in [6.07, 6.45) is 3.44. The lowest BCUT2D eigenvalue weighted by Gasteiger charge is -2.26. The van der Waals surface area contributed by atoms with Crippen molar-refractivity contribution in [2.45, 2.75) is 25.4 Å². The lowest BCUT2D eigenvalue weighted by molar-refractivity contribution is 0.0342. The van der Waals surface area contributed by atoms with E-state index < -0.39 is 5.56 Å². The number of aromatic hydroxyl groups is 1. The van der Waals surface area contributed by atoms with E-state index in [0.717, 1.165) is 55.2 Å². The second-order valence-corrected chi connectivity index (χ2v) is 9.60. The van der Waals surface area contributed by atoms with E-state index >= 15 is 0 Å². The molecule has 1 unspecified atom stereocenters. The normalized spacial score (nSPS) is 14.5. The van der Waals surface area contributed by atoms with Crippen molar-refractivity contribution in [1.29, 1.82) is 0 Å². The zero-order valence-corrected chi connectivity index (χ0v) is 21.7. The van der Waals surface area contributed by atoms with Crippen LogP contribution in [0, 0.1) is 11.8 Å². The highest BCUT2D eigenvalue weighted by atomic mass is 16.5. The lowest BCUT2D eigenvalue weighted by atomic mass is 9.93. The molecular weight excluding hydrogens is 492 g/mol. The summed E-state index contributed by atoms with van der Waals surface area (Å²) in [6.45, 7) is 5.72. The third kappa shape index (κ3) is 7.42. The number of benzene rings is 2. The number of aromatic nitrogens is 4. The van der Waals surface area contributed by atoms with Crippen LogP contribution in [0.25, 0.3) is 0 Å². The first kappa shape index (κ1) is 26.4. The largest absolute Gasteiger partial charge is 0.502 e. The van der Waals surface area contributed by atoms with Crippen LogP contribution in [0.3, 0.4) is 0 Å². The van der Waals surface area contributed by atoms with Gasteiger partial charge in [-0.15, -0.1) is 0 Å². The highest BCUT2D eigenvalue weighted by Gasteiger charge is 2.17. The van der Waals surface area contributed by atoms with Crippen LogP contribution in [0.15, 0.2) is 71.9 Å². The molecule has 39 heavy (non-hydrogen) atoms. The van der Waals surface area contributed by atoms with E-state index in [2.05, 4.69) is 66.5 Å². The van der Waals surface area contributed by atoms with Gasteiger partial charge < -0.3 is 20.1 Å². The van der Waals surface area contributed by atoms with Gasteiger partial charge >= 0.3 is 0 Å². The van der Waals surface area contributed by atoms with Gasteiger partial charge in [-0.25, -0.2) is 4.98 Å². The molecule has 1 atom stereocenters. The van der Waals surface area contributed by atoms with E-state index in [0.29, 0.717) is 25.2 Å². The van der Waals surface area contributed by atoms with Gasteiger partial charge in [0, 0.05) is 68.1 Å². The molecule has 0 saturated carbocycles. The fourth-order valence-electron chi connectivity index (χ4n) is 4.58. The van der Waals surface area contributed by atoms with Gasteiger partial charge in [0.05, 0.1) is 25.2 Å². The molecule has 0 bridgehead atoms. The summed E-state index contributed by atoms with van der Waals surface area (Å²) in [5.74, 6) is 6.15. The molecule has 2 aromatic carbocycles. The minimum absolute atomic E-state index is 0.0193. The molecule has 4 aromatic rings. The summed E-state index contributed by atoms with van der Waals surface area (Å²) in [5.41, 5.74) is 5.04. The molecule has 1 aliphatic rings. The molecule has 0 amide bonds. The van der Waals surface area contributed by atoms with E-state index in [9.17, 15) is 9.90 Å². The van der Waals surface area contributed by atoms with Crippen molar-refractivity contribution in [1.82, 2.24) is 30.4 Å². The van der Waals surface area contributed by atoms with Crippen molar-refractivity contribution in [2.75, 3.05) is 32.8 Å². The molecule has 1 fully saturated rings. The number of aromatic amines is 2. The Morgan fingerprint density at radius 1 is 1.03 bits per heavy atom. The van der Waals surface area contributed by atoms with Gasteiger partial charge in [0.15, 0.2) is 0 Å². The Morgan fingerprint density at radius 3 is 2.44 bits per heavy atom.